The maximum atomic E-state index is 13.3. The lowest BCUT2D eigenvalue weighted by molar-refractivity contribution is 0.0760. The summed E-state index contributed by atoms with van der Waals surface area (Å²) in [5.74, 6) is -3.77. The van der Waals surface area contributed by atoms with Crippen LogP contribution in [0.25, 0.3) is 0 Å². The number of carbonyl (C=O) groups excluding carboxylic acids is 1. The number of nitrogens with zero attached hydrogens (tertiary/aromatic N) is 2. The van der Waals surface area contributed by atoms with Crippen molar-refractivity contribution in [1.82, 2.24) is 9.80 Å². The highest BCUT2D eigenvalue weighted by atomic mass is 19.2. The van der Waals surface area contributed by atoms with Gasteiger partial charge in [0, 0.05) is 44.4 Å². The van der Waals surface area contributed by atoms with Crippen LogP contribution in [0.1, 0.15) is 22.3 Å². The third-order valence-corrected chi connectivity index (χ3v) is 4.38. The first-order valence-corrected chi connectivity index (χ1v) is 8.34. The van der Waals surface area contributed by atoms with Gasteiger partial charge in [-0.1, -0.05) is 6.07 Å². The number of benzene rings is 2. The Kier molecular flexibility index (Phi) is 5.56. The van der Waals surface area contributed by atoms with E-state index in [0.717, 1.165) is 24.3 Å². The molecule has 0 atom stereocenters. The molecule has 0 aromatic heterocycles. The zero-order chi connectivity index (χ0) is 18.7. The van der Waals surface area contributed by atoms with Gasteiger partial charge in [-0.2, -0.15) is 0 Å². The summed E-state index contributed by atoms with van der Waals surface area (Å²) < 4.78 is 53.0. The molecule has 3 nitrogen and oxygen atoms in total. The molecule has 0 bridgehead atoms. The van der Waals surface area contributed by atoms with E-state index in [1.807, 2.05) is 4.90 Å². The molecule has 2 aromatic carbocycles. The molecular formula is C19H18F4N2O. The first kappa shape index (κ1) is 18.4. The quantitative estimate of drug-likeness (QED) is 0.775. The molecule has 7 heteroatoms. The zero-order valence-electron chi connectivity index (χ0n) is 14.0. The molecule has 0 spiro atoms. The molecule has 26 heavy (non-hydrogen) atoms. The highest BCUT2D eigenvalue weighted by Gasteiger charge is 2.21. The molecule has 1 amide bonds. The maximum Gasteiger partial charge on any atom is 0.254 e. The second-order valence-corrected chi connectivity index (χ2v) is 6.33. The number of amides is 1. The SMILES string of the molecule is O=C(c1cc(F)cc(F)c1)N1CCCN(Cc2ccc(F)c(F)c2)CC1. The van der Waals surface area contributed by atoms with Gasteiger partial charge in [-0.15, -0.1) is 0 Å². The van der Waals surface area contributed by atoms with Crippen molar-refractivity contribution in [2.24, 2.45) is 0 Å². The van der Waals surface area contributed by atoms with Crippen LogP contribution in [0, 0.1) is 23.3 Å². The van der Waals surface area contributed by atoms with E-state index >= 15 is 0 Å². The number of hydrogen-bond acceptors (Lipinski definition) is 2. The number of rotatable bonds is 3. The molecule has 0 aliphatic carbocycles. The second kappa shape index (κ2) is 7.86. The van der Waals surface area contributed by atoms with Crippen LogP contribution >= 0.6 is 0 Å². The van der Waals surface area contributed by atoms with E-state index in [1.165, 1.54) is 12.1 Å². The summed E-state index contributed by atoms with van der Waals surface area (Å²) >= 11 is 0. The van der Waals surface area contributed by atoms with Crippen LogP contribution in [0.15, 0.2) is 36.4 Å². The van der Waals surface area contributed by atoms with Crippen molar-refractivity contribution in [2.75, 3.05) is 26.2 Å². The predicted octanol–water partition coefficient (Wildman–Crippen LogP) is 3.59. The van der Waals surface area contributed by atoms with Crippen LogP contribution in [0.4, 0.5) is 17.6 Å². The summed E-state index contributed by atoms with van der Waals surface area (Å²) in [5, 5.41) is 0. The van der Waals surface area contributed by atoms with E-state index in [0.29, 0.717) is 44.7 Å². The maximum absolute atomic E-state index is 13.3. The van der Waals surface area contributed by atoms with E-state index in [4.69, 9.17) is 0 Å². The highest BCUT2D eigenvalue weighted by molar-refractivity contribution is 5.94. The lowest BCUT2D eigenvalue weighted by atomic mass is 10.2. The summed E-state index contributed by atoms with van der Waals surface area (Å²) in [6.45, 7) is 2.50. The third-order valence-electron chi connectivity index (χ3n) is 4.38. The molecule has 1 heterocycles. The van der Waals surface area contributed by atoms with Crippen molar-refractivity contribution < 1.29 is 22.4 Å². The average molecular weight is 366 g/mol. The Labute approximate surface area is 148 Å². The molecule has 1 aliphatic rings. The van der Waals surface area contributed by atoms with Gasteiger partial charge < -0.3 is 4.90 Å². The normalized spacial score (nSPS) is 15.8. The molecule has 2 aromatic rings. The molecule has 0 N–H and O–H groups in total. The summed E-state index contributed by atoms with van der Waals surface area (Å²) in [7, 11) is 0. The molecule has 0 saturated carbocycles. The molecule has 3 rings (SSSR count). The Morgan fingerprint density at radius 1 is 0.846 bits per heavy atom. The Balaban J connectivity index is 1.64. The number of hydrogen-bond donors (Lipinski definition) is 0. The summed E-state index contributed by atoms with van der Waals surface area (Å²) in [6.07, 6.45) is 0.674. The Bertz CT molecular complexity index is 792. The van der Waals surface area contributed by atoms with Crippen LogP contribution in [0.5, 0.6) is 0 Å². The number of carbonyl (C=O) groups is 1. The fourth-order valence-corrected chi connectivity index (χ4v) is 3.09. The average Bonchev–Trinajstić information content (AvgIpc) is 2.82. The lowest BCUT2D eigenvalue weighted by Gasteiger charge is -2.22. The largest absolute Gasteiger partial charge is 0.337 e. The van der Waals surface area contributed by atoms with Crippen LogP contribution < -0.4 is 0 Å². The summed E-state index contributed by atoms with van der Waals surface area (Å²) in [5.41, 5.74) is 0.632. The van der Waals surface area contributed by atoms with Crippen molar-refractivity contribution in [2.45, 2.75) is 13.0 Å². The van der Waals surface area contributed by atoms with Crippen molar-refractivity contribution in [1.29, 1.82) is 0 Å². The standard InChI is InChI=1S/C19H18F4N2O/c20-15-9-14(10-16(21)11-15)19(26)25-5-1-4-24(6-7-25)12-13-2-3-17(22)18(23)8-13/h2-3,8-11H,1,4-7,12H2. The highest BCUT2D eigenvalue weighted by Crippen LogP contribution is 2.15. The van der Waals surface area contributed by atoms with Gasteiger partial charge in [0.2, 0.25) is 0 Å². The van der Waals surface area contributed by atoms with Gasteiger partial charge in [0.15, 0.2) is 11.6 Å². The van der Waals surface area contributed by atoms with Crippen LogP contribution in [-0.2, 0) is 6.54 Å². The minimum atomic E-state index is -0.887. The third kappa shape index (κ3) is 4.40. The smallest absolute Gasteiger partial charge is 0.254 e. The Morgan fingerprint density at radius 2 is 1.58 bits per heavy atom. The fraction of sp³-hybridized carbons (Fsp3) is 0.316. The zero-order valence-corrected chi connectivity index (χ0v) is 14.0. The van der Waals surface area contributed by atoms with E-state index in [-0.39, 0.29) is 5.56 Å². The lowest BCUT2D eigenvalue weighted by Crippen LogP contribution is -2.35. The van der Waals surface area contributed by atoms with E-state index in [2.05, 4.69) is 0 Å². The molecule has 1 saturated heterocycles. The molecule has 1 aliphatic heterocycles. The van der Waals surface area contributed by atoms with Gasteiger partial charge in [0.05, 0.1) is 0 Å². The van der Waals surface area contributed by atoms with Gasteiger partial charge in [-0.25, -0.2) is 17.6 Å². The predicted molar refractivity (Wildman–Crippen MR) is 88.5 cm³/mol. The first-order valence-electron chi connectivity index (χ1n) is 8.34. The minimum Gasteiger partial charge on any atom is -0.337 e. The summed E-state index contributed by atoms with van der Waals surface area (Å²) in [4.78, 5) is 16.1. The second-order valence-electron chi connectivity index (χ2n) is 6.33. The first-order chi connectivity index (χ1) is 12.4. The van der Waals surface area contributed by atoms with Gasteiger partial charge in [0.25, 0.3) is 5.91 Å². The Hall–Kier alpha value is -2.41. The van der Waals surface area contributed by atoms with Crippen LogP contribution in [0.3, 0.4) is 0 Å². The van der Waals surface area contributed by atoms with Gasteiger partial charge >= 0.3 is 0 Å². The topological polar surface area (TPSA) is 23.6 Å². The van der Waals surface area contributed by atoms with Gasteiger partial charge in [0.1, 0.15) is 11.6 Å². The van der Waals surface area contributed by atoms with Crippen LogP contribution in [-0.4, -0.2) is 41.9 Å². The molecule has 138 valence electrons. The van der Waals surface area contributed by atoms with Crippen molar-refractivity contribution >= 4 is 5.91 Å². The molecule has 0 radical (unpaired) electrons. The van der Waals surface area contributed by atoms with E-state index < -0.39 is 29.2 Å². The number of halogens is 4. The Morgan fingerprint density at radius 3 is 2.27 bits per heavy atom. The van der Waals surface area contributed by atoms with Crippen molar-refractivity contribution in [3.05, 3.63) is 70.8 Å². The summed E-state index contributed by atoms with van der Waals surface area (Å²) in [6, 6.07) is 6.56. The van der Waals surface area contributed by atoms with E-state index in [1.54, 1.807) is 4.90 Å². The van der Waals surface area contributed by atoms with E-state index in [9.17, 15) is 22.4 Å². The molecule has 1 fully saturated rings. The van der Waals surface area contributed by atoms with Crippen molar-refractivity contribution in [3.8, 4) is 0 Å². The van der Waals surface area contributed by atoms with Gasteiger partial charge in [-0.3, -0.25) is 9.69 Å². The van der Waals surface area contributed by atoms with Crippen molar-refractivity contribution in [3.63, 3.8) is 0 Å². The monoisotopic (exact) mass is 366 g/mol. The van der Waals surface area contributed by atoms with Crippen LogP contribution in [0.2, 0.25) is 0 Å². The molecular weight excluding hydrogens is 348 g/mol. The molecule has 0 unspecified atom stereocenters. The van der Waals surface area contributed by atoms with Gasteiger partial charge in [-0.05, 0) is 36.2 Å². The fourth-order valence-electron chi connectivity index (χ4n) is 3.09. The minimum absolute atomic E-state index is 0.0171.